The molecule has 0 aromatic heterocycles. The third-order valence-electron chi connectivity index (χ3n) is 2.07. The molecule has 2 nitrogen and oxygen atoms in total. The van der Waals surface area contributed by atoms with Crippen LogP contribution in [0.1, 0.15) is 25.7 Å². The summed E-state index contributed by atoms with van der Waals surface area (Å²) in [5.74, 6) is 0. The molecule has 2 heteroatoms. The number of hydrogen-bond acceptors (Lipinski definition) is 2. The summed E-state index contributed by atoms with van der Waals surface area (Å²) >= 11 is 0. The van der Waals surface area contributed by atoms with E-state index < -0.39 is 0 Å². The van der Waals surface area contributed by atoms with Crippen LogP contribution in [0.15, 0.2) is 11.8 Å². The van der Waals surface area contributed by atoms with E-state index in [1.165, 1.54) is 25.0 Å². The van der Waals surface area contributed by atoms with Crippen molar-refractivity contribution >= 4 is 0 Å². The highest BCUT2D eigenvalue weighted by Gasteiger charge is 2.07. The highest BCUT2D eigenvalue weighted by atomic mass is 15.1. The largest absolute Gasteiger partial charge is 0.377 e. The molecular weight excluding hydrogens is 136 g/mol. The molecule has 0 heterocycles. The molecule has 0 N–H and O–H groups in total. The number of allylic oxidation sites excluding steroid dienone is 2. The van der Waals surface area contributed by atoms with Gasteiger partial charge in [0, 0.05) is 19.3 Å². The lowest BCUT2D eigenvalue weighted by Gasteiger charge is -2.18. The standard InChI is InChI=1S/C9H14N2/c1-11(8-4-7-10)9-5-2-3-6-9/h5H,2-4,6,8H2,1H3. The number of nitriles is 1. The second kappa shape index (κ2) is 4.02. The van der Waals surface area contributed by atoms with Gasteiger partial charge < -0.3 is 4.90 Å². The first-order valence-electron chi connectivity index (χ1n) is 4.11. The van der Waals surface area contributed by atoms with E-state index in [0.717, 1.165) is 6.54 Å². The Hall–Kier alpha value is -0.970. The van der Waals surface area contributed by atoms with E-state index in [-0.39, 0.29) is 0 Å². The normalized spacial score (nSPS) is 15.8. The summed E-state index contributed by atoms with van der Waals surface area (Å²) in [6.45, 7) is 0.877. The summed E-state index contributed by atoms with van der Waals surface area (Å²) in [7, 11) is 2.06. The van der Waals surface area contributed by atoms with E-state index in [4.69, 9.17) is 5.26 Å². The molecule has 0 aromatic rings. The van der Waals surface area contributed by atoms with E-state index in [1.54, 1.807) is 0 Å². The fourth-order valence-electron chi connectivity index (χ4n) is 1.36. The smallest absolute Gasteiger partial charge is 0.0640 e. The summed E-state index contributed by atoms with van der Waals surface area (Å²) < 4.78 is 0. The topological polar surface area (TPSA) is 27.0 Å². The Labute approximate surface area is 68.1 Å². The lowest BCUT2D eigenvalue weighted by atomic mass is 10.3. The summed E-state index contributed by atoms with van der Waals surface area (Å²) in [4.78, 5) is 2.19. The first-order valence-corrected chi connectivity index (χ1v) is 4.11. The molecule has 0 amide bonds. The first kappa shape index (κ1) is 8.13. The number of nitrogens with zero attached hydrogens (tertiary/aromatic N) is 2. The van der Waals surface area contributed by atoms with Crippen molar-refractivity contribution in [3.63, 3.8) is 0 Å². The van der Waals surface area contributed by atoms with Crippen LogP contribution in [0.25, 0.3) is 0 Å². The molecule has 0 saturated carbocycles. The SMILES string of the molecule is CN(CCC#N)C1=CCCC1. The minimum Gasteiger partial charge on any atom is -0.377 e. The van der Waals surface area contributed by atoms with Crippen LogP contribution in [0.3, 0.4) is 0 Å². The minimum absolute atomic E-state index is 0.633. The van der Waals surface area contributed by atoms with Gasteiger partial charge >= 0.3 is 0 Å². The predicted molar refractivity (Wildman–Crippen MR) is 44.8 cm³/mol. The molecule has 11 heavy (non-hydrogen) atoms. The van der Waals surface area contributed by atoms with Gasteiger partial charge in [-0.3, -0.25) is 0 Å². The number of hydrogen-bond donors (Lipinski definition) is 0. The quantitative estimate of drug-likeness (QED) is 0.614. The minimum atomic E-state index is 0.633. The van der Waals surface area contributed by atoms with Gasteiger partial charge in [0.2, 0.25) is 0 Å². The van der Waals surface area contributed by atoms with Gasteiger partial charge in [-0.05, 0) is 19.3 Å². The zero-order valence-electron chi connectivity index (χ0n) is 7.01. The van der Waals surface area contributed by atoms with Crippen LogP contribution in [0, 0.1) is 11.3 Å². The van der Waals surface area contributed by atoms with Crippen molar-refractivity contribution in [1.29, 1.82) is 5.26 Å². The molecule has 0 atom stereocenters. The van der Waals surface area contributed by atoms with Crippen molar-refractivity contribution in [2.75, 3.05) is 13.6 Å². The molecule has 0 aliphatic heterocycles. The third-order valence-corrected chi connectivity index (χ3v) is 2.07. The molecule has 0 spiro atoms. The van der Waals surface area contributed by atoms with Gasteiger partial charge in [-0.2, -0.15) is 5.26 Å². The molecule has 0 unspecified atom stereocenters. The number of rotatable bonds is 3. The lowest BCUT2D eigenvalue weighted by Crippen LogP contribution is -2.17. The van der Waals surface area contributed by atoms with Crippen LogP contribution in [0.4, 0.5) is 0 Å². The van der Waals surface area contributed by atoms with Crippen molar-refractivity contribution in [2.45, 2.75) is 25.7 Å². The van der Waals surface area contributed by atoms with Gasteiger partial charge in [0.25, 0.3) is 0 Å². The summed E-state index contributed by atoms with van der Waals surface area (Å²) in [5.41, 5.74) is 1.42. The predicted octanol–water partition coefficient (Wildman–Crippen LogP) is 1.90. The Bertz CT molecular complexity index is 188. The molecular formula is C9H14N2. The summed E-state index contributed by atoms with van der Waals surface area (Å²) in [6, 6.07) is 2.15. The van der Waals surface area contributed by atoms with E-state index in [2.05, 4.69) is 24.1 Å². The molecule has 1 rings (SSSR count). The Kier molecular flexibility index (Phi) is 2.97. The molecule has 0 aromatic carbocycles. The van der Waals surface area contributed by atoms with Gasteiger partial charge in [-0.15, -0.1) is 0 Å². The Morgan fingerprint density at radius 2 is 2.55 bits per heavy atom. The zero-order chi connectivity index (χ0) is 8.10. The maximum absolute atomic E-state index is 8.36. The van der Waals surface area contributed by atoms with Crippen LogP contribution in [0.5, 0.6) is 0 Å². The van der Waals surface area contributed by atoms with Gasteiger partial charge in [0.05, 0.1) is 12.5 Å². The van der Waals surface area contributed by atoms with Crippen molar-refractivity contribution < 1.29 is 0 Å². The molecule has 60 valence electrons. The molecule has 0 fully saturated rings. The third kappa shape index (κ3) is 2.27. The second-order valence-corrected chi connectivity index (χ2v) is 2.92. The monoisotopic (exact) mass is 150 g/mol. The molecule has 0 radical (unpaired) electrons. The van der Waals surface area contributed by atoms with E-state index in [9.17, 15) is 0 Å². The summed E-state index contributed by atoms with van der Waals surface area (Å²) in [6.07, 6.45) is 6.60. The van der Waals surface area contributed by atoms with E-state index in [1.807, 2.05) is 0 Å². The van der Waals surface area contributed by atoms with Crippen LogP contribution in [-0.2, 0) is 0 Å². The van der Waals surface area contributed by atoms with E-state index >= 15 is 0 Å². The van der Waals surface area contributed by atoms with Crippen LogP contribution >= 0.6 is 0 Å². The van der Waals surface area contributed by atoms with Crippen molar-refractivity contribution in [1.82, 2.24) is 4.90 Å². The maximum Gasteiger partial charge on any atom is 0.0640 e. The average Bonchev–Trinajstić information content (AvgIpc) is 2.52. The highest BCUT2D eigenvalue weighted by molar-refractivity contribution is 5.05. The molecule has 1 aliphatic rings. The zero-order valence-corrected chi connectivity index (χ0v) is 7.01. The second-order valence-electron chi connectivity index (χ2n) is 2.92. The highest BCUT2D eigenvalue weighted by Crippen LogP contribution is 2.19. The van der Waals surface area contributed by atoms with Crippen LogP contribution in [0.2, 0.25) is 0 Å². The van der Waals surface area contributed by atoms with Crippen LogP contribution in [-0.4, -0.2) is 18.5 Å². The summed E-state index contributed by atoms with van der Waals surface area (Å²) in [5, 5.41) is 8.36. The van der Waals surface area contributed by atoms with Gasteiger partial charge in [-0.25, -0.2) is 0 Å². The van der Waals surface area contributed by atoms with Gasteiger partial charge in [0.1, 0.15) is 0 Å². The maximum atomic E-state index is 8.36. The molecule has 0 bridgehead atoms. The lowest BCUT2D eigenvalue weighted by molar-refractivity contribution is 0.416. The van der Waals surface area contributed by atoms with Crippen LogP contribution < -0.4 is 0 Å². The molecule has 0 saturated heterocycles. The fraction of sp³-hybridized carbons (Fsp3) is 0.667. The van der Waals surface area contributed by atoms with Gasteiger partial charge in [-0.1, -0.05) is 6.08 Å². The molecule has 1 aliphatic carbocycles. The Morgan fingerprint density at radius 1 is 1.73 bits per heavy atom. The fourth-order valence-corrected chi connectivity index (χ4v) is 1.36. The van der Waals surface area contributed by atoms with Crippen molar-refractivity contribution in [2.24, 2.45) is 0 Å². The average molecular weight is 150 g/mol. The Balaban J connectivity index is 2.29. The van der Waals surface area contributed by atoms with Crippen molar-refractivity contribution in [3.8, 4) is 6.07 Å². The van der Waals surface area contributed by atoms with Gasteiger partial charge in [0.15, 0.2) is 0 Å². The first-order chi connectivity index (χ1) is 5.34. The van der Waals surface area contributed by atoms with E-state index in [0.29, 0.717) is 6.42 Å². The van der Waals surface area contributed by atoms with Crippen molar-refractivity contribution in [3.05, 3.63) is 11.8 Å². The Morgan fingerprint density at radius 3 is 3.09 bits per heavy atom.